The summed E-state index contributed by atoms with van der Waals surface area (Å²) in [7, 11) is 0. The van der Waals surface area contributed by atoms with Crippen molar-refractivity contribution in [3.05, 3.63) is 65.7 Å². The number of ketones is 1. The fraction of sp³-hybridized carbons (Fsp3) is 0.381. The van der Waals surface area contributed by atoms with E-state index in [1.807, 2.05) is 0 Å². The van der Waals surface area contributed by atoms with Crippen molar-refractivity contribution in [1.29, 1.82) is 0 Å². The predicted molar refractivity (Wildman–Crippen MR) is 94.3 cm³/mol. The van der Waals surface area contributed by atoms with E-state index in [2.05, 4.69) is 35.2 Å². The predicted octanol–water partition coefficient (Wildman–Crippen LogP) is 3.70. The zero-order chi connectivity index (χ0) is 16.5. The molecule has 3 atom stereocenters. The first kappa shape index (κ1) is 15.4. The fourth-order valence-electron chi connectivity index (χ4n) is 4.47. The molecular weight excluding hydrogens is 298 g/mol. The van der Waals surface area contributed by atoms with E-state index in [1.165, 1.54) is 18.4 Å². The van der Waals surface area contributed by atoms with E-state index < -0.39 is 0 Å². The Bertz CT molecular complexity index is 696. The number of Topliss-reactive ketones (excluding diaryl/α,β-unsaturated/α-hetero) is 1. The molecule has 1 N–H and O–H groups in total. The number of phenolic OH excluding ortho intramolecular Hbond substituents is 1. The Morgan fingerprint density at radius 3 is 2.21 bits per heavy atom. The van der Waals surface area contributed by atoms with Crippen molar-refractivity contribution in [3.63, 3.8) is 0 Å². The van der Waals surface area contributed by atoms with Gasteiger partial charge in [-0.25, -0.2) is 0 Å². The second-order valence-corrected chi connectivity index (χ2v) is 7.26. The summed E-state index contributed by atoms with van der Waals surface area (Å²) in [6, 6.07) is 17.4. The van der Waals surface area contributed by atoms with Gasteiger partial charge in [-0.1, -0.05) is 30.3 Å². The molecule has 1 heterocycles. The number of rotatable bonds is 4. The van der Waals surface area contributed by atoms with Gasteiger partial charge in [0.05, 0.1) is 6.54 Å². The first-order valence-corrected chi connectivity index (χ1v) is 8.78. The topological polar surface area (TPSA) is 40.5 Å². The minimum atomic E-state index is 0.148. The van der Waals surface area contributed by atoms with Gasteiger partial charge in [0, 0.05) is 18.7 Å². The van der Waals surface area contributed by atoms with Gasteiger partial charge in [0.15, 0.2) is 5.78 Å². The molecule has 0 spiro atoms. The van der Waals surface area contributed by atoms with Gasteiger partial charge in [0.25, 0.3) is 0 Å². The molecule has 1 unspecified atom stereocenters. The second kappa shape index (κ2) is 6.40. The van der Waals surface area contributed by atoms with Crippen molar-refractivity contribution < 1.29 is 9.90 Å². The first-order chi connectivity index (χ1) is 11.7. The highest BCUT2D eigenvalue weighted by atomic mass is 16.3. The maximum Gasteiger partial charge on any atom is 0.176 e. The lowest BCUT2D eigenvalue weighted by molar-refractivity contribution is 0.0940. The van der Waals surface area contributed by atoms with Crippen molar-refractivity contribution in [2.24, 2.45) is 11.8 Å². The number of fused-ring (bicyclic) bond motifs is 1. The van der Waals surface area contributed by atoms with Gasteiger partial charge >= 0.3 is 0 Å². The molecule has 2 fully saturated rings. The molecule has 0 radical (unpaired) electrons. The van der Waals surface area contributed by atoms with Gasteiger partial charge in [0.1, 0.15) is 5.75 Å². The Kier molecular flexibility index (Phi) is 4.11. The van der Waals surface area contributed by atoms with Crippen molar-refractivity contribution in [2.45, 2.75) is 18.8 Å². The molecule has 1 aliphatic heterocycles. The average Bonchev–Trinajstić information content (AvgIpc) is 3.14. The minimum absolute atomic E-state index is 0.148. The van der Waals surface area contributed by atoms with Crippen LogP contribution in [0, 0.1) is 11.8 Å². The third-order valence-corrected chi connectivity index (χ3v) is 5.65. The molecule has 3 heteroatoms. The highest BCUT2D eigenvalue weighted by molar-refractivity contribution is 5.97. The van der Waals surface area contributed by atoms with E-state index in [-0.39, 0.29) is 11.5 Å². The van der Waals surface area contributed by atoms with Crippen LogP contribution in [0.5, 0.6) is 5.75 Å². The Balaban J connectivity index is 1.34. The number of phenols is 1. The maximum absolute atomic E-state index is 12.4. The molecule has 124 valence electrons. The number of likely N-dealkylation sites (tertiary alicyclic amines) is 1. The Hall–Kier alpha value is -2.13. The van der Waals surface area contributed by atoms with Crippen LogP contribution in [0.25, 0.3) is 0 Å². The third kappa shape index (κ3) is 3.09. The third-order valence-electron chi connectivity index (χ3n) is 5.65. The van der Waals surface area contributed by atoms with Crippen molar-refractivity contribution >= 4 is 5.78 Å². The number of carbonyl (C=O) groups is 1. The zero-order valence-corrected chi connectivity index (χ0v) is 13.8. The maximum atomic E-state index is 12.4. The fourth-order valence-corrected chi connectivity index (χ4v) is 4.47. The quantitative estimate of drug-likeness (QED) is 0.873. The van der Waals surface area contributed by atoms with Crippen LogP contribution in [-0.4, -0.2) is 35.4 Å². The normalized spacial score (nSPS) is 26.4. The summed E-state index contributed by atoms with van der Waals surface area (Å²) in [6.45, 7) is 2.57. The van der Waals surface area contributed by atoms with Crippen molar-refractivity contribution in [1.82, 2.24) is 4.90 Å². The Morgan fingerprint density at radius 1 is 0.958 bits per heavy atom. The summed E-state index contributed by atoms with van der Waals surface area (Å²) in [5.74, 6) is 2.49. The number of nitrogens with zero attached hydrogens (tertiary/aromatic N) is 1. The summed E-state index contributed by atoms with van der Waals surface area (Å²) in [4.78, 5) is 14.7. The smallest absolute Gasteiger partial charge is 0.176 e. The van der Waals surface area contributed by atoms with E-state index in [4.69, 9.17) is 0 Å². The zero-order valence-electron chi connectivity index (χ0n) is 13.8. The number of hydrogen-bond donors (Lipinski definition) is 1. The molecule has 2 aliphatic rings. The van der Waals surface area contributed by atoms with Crippen LogP contribution in [0.3, 0.4) is 0 Å². The second-order valence-electron chi connectivity index (χ2n) is 7.26. The van der Waals surface area contributed by atoms with Crippen molar-refractivity contribution in [3.8, 4) is 5.75 Å². The van der Waals surface area contributed by atoms with Crippen LogP contribution in [0.4, 0.5) is 0 Å². The van der Waals surface area contributed by atoms with Gasteiger partial charge in [-0.15, -0.1) is 0 Å². The molecule has 2 aromatic carbocycles. The minimum Gasteiger partial charge on any atom is -0.508 e. The number of hydrogen-bond acceptors (Lipinski definition) is 3. The number of carbonyl (C=O) groups excluding carboxylic acids is 1. The molecule has 3 nitrogen and oxygen atoms in total. The molecule has 4 rings (SSSR count). The van der Waals surface area contributed by atoms with E-state index in [1.54, 1.807) is 24.3 Å². The molecule has 1 saturated heterocycles. The van der Waals surface area contributed by atoms with Gasteiger partial charge in [-0.05, 0) is 60.4 Å². The summed E-state index contributed by atoms with van der Waals surface area (Å²) in [5, 5.41) is 9.33. The standard InChI is InChI=1S/C21H23NO2/c23-20-8-6-16(7-9-20)21(24)14-22-12-18-10-17(11-19(18)13-22)15-4-2-1-3-5-15/h1-9,17-19,23H,10-14H2/t17?,18-,19+. The molecule has 0 aromatic heterocycles. The molecule has 1 saturated carbocycles. The van der Waals surface area contributed by atoms with Crippen LogP contribution >= 0.6 is 0 Å². The lowest BCUT2D eigenvalue weighted by Gasteiger charge is -2.18. The van der Waals surface area contributed by atoms with Crippen LogP contribution in [0.1, 0.15) is 34.7 Å². The number of benzene rings is 2. The van der Waals surface area contributed by atoms with E-state index >= 15 is 0 Å². The molecule has 2 aromatic rings. The van der Waals surface area contributed by atoms with Gasteiger partial charge in [-0.3, -0.25) is 9.69 Å². The van der Waals surface area contributed by atoms with E-state index in [9.17, 15) is 9.90 Å². The lowest BCUT2D eigenvalue weighted by Crippen LogP contribution is -2.29. The summed E-state index contributed by atoms with van der Waals surface area (Å²) < 4.78 is 0. The summed E-state index contributed by atoms with van der Waals surface area (Å²) in [5.41, 5.74) is 2.16. The Labute approximate surface area is 142 Å². The molecule has 24 heavy (non-hydrogen) atoms. The van der Waals surface area contributed by atoms with Crippen LogP contribution in [-0.2, 0) is 0 Å². The molecule has 0 bridgehead atoms. The summed E-state index contributed by atoms with van der Waals surface area (Å²) in [6.07, 6.45) is 2.50. The first-order valence-electron chi connectivity index (χ1n) is 8.78. The van der Waals surface area contributed by atoms with Crippen LogP contribution in [0.15, 0.2) is 54.6 Å². The molecular formula is C21H23NO2. The largest absolute Gasteiger partial charge is 0.508 e. The lowest BCUT2D eigenvalue weighted by atomic mass is 9.96. The highest BCUT2D eigenvalue weighted by Crippen LogP contribution is 2.46. The average molecular weight is 321 g/mol. The van der Waals surface area contributed by atoms with Crippen LogP contribution < -0.4 is 0 Å². The van der Waals surface area contributed by atoms with E-state index in [0.29, 0.717) is 18.0 Å². The Morgan fingerprint density at radius 2 is 1.58 bits per heavy atom. The van der Waals surface area contributed by atoms with Crippen molar-refractivity contribution in [2.75, 3.05) is 19.6 Å². The van der Waals surface area contributed by atoms with E-state index in [0.717, 1.165) is 24.9 Å². The monoisotopic (exact) mass is 321 g/mol. The van der Waals surface area contributed by atoms with Gasteiger partial charge < -0.3 is 5.11 Å². The molecule has 0 amide bonds. The van der Waals surface area contributed by atoms with Crippen LogP contribution in [0.2, 0.25) is 0 Å². The van der Waals surface area contributed by atoms with Gasteiger partial charge in [0.2, 0.25) is 0 Å². The SMILES string of the molecule is O=C(CN1C[C@H]2CC(c3ccccc3)C[C@H]2C1)c1ccc(O)cc1. The summed E-state index contributed by atoms with van der Waals surface area (Å²) >= 11 is 0. The van der Waals surface area contributed by atoms with Gasteiger partial charge in [-0.2, -0.15) is 0 Å². The number of aromatic hydroxyl groups is 1. The highest BCUT2D eigenvalue weighted by Gasteiger charge is 2.41. The molecule has 1 aliphatic carbocycles.